The first-order valence-electron chi connectivity index (χ1n) is 12.9. The van der Waals surface area contributed by atoms with Crippen LogP contribution in [0.2, 0.25) is 0 Å². The maximum Gasteiger partial charge on any atom is 0.268 e. The fraction of sp³-hybridized carbons (Fsp3) is 0.367. The van der Waals surface area contributed by atoms with Gasteiger partial charge >= 0.3 is 0 Å². The standard InChI is InChI=1S/C30H37N3O4S/c1-21-10-11-28(37-6)29(19-21)38(35,36)33(26-17-22(2)16-23(3)18-26)20-30(34)32-14-12-31(13-15-32)27-9-7-8-24(4)25(27)5/h7-11,16-19H,12-15,20H2,1-6H3. The largest absolute Gasteiger partial charge is 0.495 e. The second-order valence-electron chi connectivity index (χ2n) is 10.1. The molecule has 3 aromatic carbocycles. The molecule has 1 amide bonds. The Labute approximate surface area is 226 Å². The number of carbonyl (C=O) groups excluding carboxylic acids is 1. The van der Waals surface area contributed by atoms with Gasteiger partial charge in [0, 0.05) is 31.9 Å². The zero-order valence-corrected chi connectivity index (χ0v) is 23.9. The van der Waals surface area contributed by atoms with Crippen molar-refractivity contribution in [3.8, 4) is 5.75 Å². The van der Waals surface area contributed by atoms with Gasteiger partial charge in [-0.25, -0.2) is 8.42 Å². The summed E-state index contributed by atoms with van der Waals surface area (Å²) in [5.74, 6) is 0.0273. The number of benzene rings is 3. The fourth-order valence-corrected chi connectivity index (χ4v) is 6.65. The van der Waals surface area contributed by atoms with Crippen molar-refractivity contribution in [1.29, 1.82) is 0 Å². The molecule has 1 saturated heterocycles. The summed E-state index contributed by atoms with van der Waals surface area (Å²) in [6.45, 7) is 12.0. The van der Waals surface area contributed by atoms with Crippen LogP contribution in [0.15, 0.2) is 59.5 Å². The molecular weight excluding hydrogens is 498 g/mol. The summed E-state index contributed by atoms with van der Waals surface area (Å²) in [6, 6.07) is 16.9. The monoisotopic (exact) mass is 535 g/mol. The molecule has 0 saturated carbocycles. The van der Waals surface area contributed by atoms with Gasteiger partial charge in [0.2, 0.25) is 5.91 Å². The van der Waals surface area contributed by atoms with E-state index in [0.717, 1.165) is 16.7 Å². The first kappa shape index (κ1) is 27.5. The number of nitrogens with zero attached hydrogens (tertiary/aromatic N) is 3. The molecule has 0 unspecified atom stereocenters. The third-order valence-electron chi connectivity index (χ3n) is 7.21. The molecule has 1 fully saturated rings. The number of methoxy groups -OCH3 is 1. The number of aryl methyl sites for hydroxylation is 4. The number of ether oxygens (including phenoxy) is 1. The lowest BCUT2D eigenvalue weighted by Crippen LogP contribution is -2.52. The lowest BCUT2D eigenvalue weighted by atomic mass is 10.1. The predicted octanol–water partition coefficient (Wildman–Crippen LogP) is 4.78. The summed E-state index contributed by atoms with van der Waals surface area (Å²) in [5, 5.41) is 0. The van der Waals surface area contributed by atoms with Crippen molar-refractivity contribution in [3.63, 3.8) is 0 Å². The van der Waals surface area contributed by atoms with Crippen molar-refractivity contribution >= 4 is 27.3 Å². The van der Waals surface area contributed by atoms with Crippen molar-refractivity contribution in [1.82, 2.24) is 4.90 Å². The SMILES string of the molecule is COc1ccc(C)cc1S(=O)(=O)N(CC(=O)N1CCN(c2cccc(C)c2C)CC1)c1cc(C)cc(C)c1. The Morgan fingerprint density at radius 3 is 2.16 bits per heavy atom. The minimum Gasteiger partial charge on any atom is -0.495 e. The van der Waals surface area contributed by atoms with Crippen LogP contribution in [-0.4, -0.2) is 59.1 Å². The predicted molar refractivity (Wildman–Crippen MR) is 153 cm³/mol. The van der Waals surface area contributed by atoms with Crippen molar-refractivity contribution < 1.29 is 17.9 Å². The average Bonchev–Trinajstić information content (AvgIpc) is 2.88. The smallest absolute Gasteiger partial charge is 0.268 e. The molecule has 0 aromatic heterocycles. The molecule has 4 rings (SSSR count). The lowest BCUT2D eigenvalue weighted by Gasteiger charge is -2.38. The topological polar surface area (TPSA) is 70.2 Å². The number of sulfonamides is 1. The molecule has 0 radical (unpaired) electrons. The van der Waals surface area contributed by atoms with Gasteiger partial charge in [0.15, 0.2) is 0 Å². The van der Waals surface area contributed by atoms with E-state index in [-0.39, 0.29) is 23.1 Å². The van der Waals surface area contributed by atoms with Gasteiger partial charge in [-0.15, -0.1) is 0 Å². The highest BCUT2D eigenvalue weighted by atomic mass is 32.2. The van der Waals surface area contributed by atoms with Crippen LogP contribution in [0.25, 0.3) is 0 Å². The van der Waals surface area contributed by atoms with Gasteiger partial charge in [0.05, 0.1) is 12.8 Å². The minimum absolute atomic E-state index is 0.0479. The second kappa shape index (κ2) is 11.1. The van der Waals surface area contributed by atoms with Gasteiger partial charge in [0.25, 0.3) is 10.0 Å². The normalized spacial score (nSPS) is 13.9. The molecule has 38 heavy (non-hydrogen) atoms. The molecule has 0 aliphatic carbocycles. The van der Waals surface area contributed by atoms with Gasteiger partial charge in [-0.1, -0.05) is 24.3 Å². The Hall–Kier alpha value is -3.52. The third kappa shape index (κ3) is 5.65. The molecule has 0 bridgehead atoms. The molecule has 0 atom stereocenters. The Bertz CT molecular complexity index is 1420. The van der Waals surface area contributed by atoms with Gasteiger partial charge < -0.3 is 14.5 Å². The molecule has 7 nitrogen and oxygen atoms in total. The first-order chi connectivity index (χ1) is 18.0. The number of hydrogen-bond donors (Lipinski definition) is 0. The van der Waals surface area contributed by atoms with E-state index >= 15 is 0 Å². The highest BCUT2D eigenvalue weighted by Crippen LogP contribution is 2.32. The third-order valence-corrected chi connectivity index (χ3v) is 9.00. The number of hydrogen-bond acceptors (Lipinski definition) is 5. The summed E-state index contributed by atoms with van der Waals surface area (Å²) >= 11 is 0. The van der Waals surface area contributed by atoms with Crippen molar-refractivity contribution in [2.75, 3.05) is 49.0 Å². The van der Waals surface area contributed by atoms with E-state index < -0.39 is 10.0 Å². The van der Waals surface area contributed by atoms with E-state index in [4.69, 9.17) is 4.74 Å². The number of rotatable bonds is 7. The fourth-order valence-electron chi connectivity index (χ4n) is 5.01. The van der Waals surface area contributed by atoms with Crippen LogP contribution < -0.4 is 13.9 Å². The molecule has 3 aromatic rings. The van der Waals surface area contributed by atoms with Crippen LogP contribution in [0.5, 0.6) is 5.75 Å². The van der Waals surface area contributed by atoms with Crippen LogP contribution in [0, 0.1) is 34.6 Å². The van der Waals surface area contributed by atoms with Crippen molar-refractivity contribution in [2.24, 2.45) is 0 Å². The minimum atomic E-state index is -4.10. The molecular formula is C30H37N3O4S. The first-order valence-corrected chi connectivity index (χ1v) is 14.3. The van der Waals surface area contributed by atoms with E-state index in [2.05, 4.69) is 36.9 Å². The van der Waals surface area contributed by atoms with Gasteiger partial charge in [-0.3, -0.25) is 9.10 Å². The van der Waals surface area contributed by atoms with Gasteiger partial charge in [-0.2, -0.15) is 0 Å². The Morgan fingerprint density at radius 2 is 1.53 bits per heavy atom. The van der Waals surface area contributed by atoms with E-state index in [0.29, 0.717) is 31.9 Å². The molecule has 8 heteroatoms. The van der Waals surface area contributed by atoms with Crippen molar-refractivity contribution in [3.05, 3.63) is 82.4 Å². The van der Waals surface area contributed by atoms with Crippen molar-refractivity contribution in [2.45, 2.75) is 39.5 Å². The average molecular weight is 536 g/mol. The molecule has 1 aliphatic rings. The lowest BCUT2D eigenvalue weighted by molar-refractivity contribution is -0.129. The van der Waals surface area contributed by atoms with E-state index in [1.54, 1.807) is 35.2 Å². The van der Waals surface area contributed by atoms with E-state index in [9.17, 15) is 13.2 Å². The Morgan fingerprint density at radius 1 is 0.868 bits per heavy atom. The number of amides is 1. The zero-order chi connectivity index (χ0) is 27.6. The summed E-state index contributed by atoms with van der Waals surface area (Å²) in [7, 11) is -2.65. The van der Waals surface area contributed by atoms with Crippen LogP contribution in [0.1, 0.15) is 27.8 Å². The maximum absolute atomic E-state index is 14.1. The van der Waals surface area contributed by atoms with Gasteiger partial charge in [0.1, 0.15) is 17.2 Å². The summed E-state index contributed by atoms with van der Waals surface area (Å²) in [5.41, 5.74) is 6.76. The molecule has 1 aliphatic heterocycles. The Balaban J connectivity index is 1.62. The van der Waals surface area contributed by atoms with Gasteiger partial charge in [-0.05, 0) is 92.8 Å². The molecule has 202 valence electrons. The quantitative estimate of drug-likeness (QED) is 0.436. The van der Waals surface area contributed by atoms with E-state index in [1.807, 2.05) is 26.8 Å². The number of carbonyl (C=O) groups is 1. The van der Waals surface area contributed by atoms with Crippen LogP contribution in [-0.2, 0) is 14.8 Å². The Kier molecular flexibility index (Phi) is 8.02. The molecule has 0 spiro atoms. The molecule has 1 heterocycles. The number of piperazine rings is 1. The summed E-state index contributed by atoms with van der Waals surface area (Å²) < 4.78 is 34.8. The van der Waals surface area contributed by atoms with Crippen LogP contribution in [0.3, 0.4) is 0 Å². The number of anilines is 2. The van der Waals surface area contributed by atoms with Crippen LogP contribution in [0.4, 0.5) is 11.4 Å². The highest BCUT2D eigenvalue weighted by Gasteiger charge is 2.32. The zero-order valence-electron chi connectivity index (χ0n) is 23.1. The van der Waals surface area contributed by atoms with E-state index in [1.165, 1.54) is 28.2 Å². The summed E-state index contributed by atoms with van der Waals surface area (Å²) in [6.07, 6.45) is 0. The van der Waals surface area contributed by atoms with Crippen LogP contribution >= 0.6 is 0 Å². The summed E-state index contributed by atoms with van der Waals surface area (Å²) in [4.78, 5) is 17.7. The molecule has 0 N–H and O–H groups in total. The highest BCUT2D eigenvalue weighted by molar-refractivity contribution is 7.93. The second-order valence-corrected chi connectivity index (χ2v) is 11.9. The maximum atomic E-state index is 14.1.